The van der Waals surface area contributed by atoms with Gasteiger partial charge in [0.1, 0.15) is 5.78 Å². The predicted octanol–water partition coefficient (Wildman–Crippen LogP) is 0.335. The summed E-state index contributed by atoms with van der Waals surface area (Å²) in [5.74, 6) is 0.557. The van der Waals surface area contributed by atoms with Crippen LogP contribution in [0.2, 0.25) is 0 Å². The van der Waals surface area contributed by atoms with E-state index in [1.807, 2.05) is 6.92 Å². The minimum absolute atomic E-state index is 0.0301. The molecule has 1 fully saturated rings. The van der Waals surface area contributed by atoms with Crippen LogP contribution in [-0.4, -0.2) is 45.4 Å². The van der Waals surface area contributed by atoms with Gasteiger partial charge in [-0.05, 0) is 13.3 Å². The number of amides is 1. The number of piperidine rings is 1. The zero-order valence-corrected chi connectivity index (χ0v) is 10.0. The van der Waals surface area contributed by atoms with Gasteiger partial charge in [-0.25, -0.2) is 0 Å². The van der Waals surface area contributed by atoms with Crippen LogP contribution in [0.3, 0.4) is 0 Å². The molecular weight excluding hydrogens is 214 g/mol. The van der Waals surface area contributed by atoms with Gasteiger partial charge in [0, 0.05) is 41.8 Å². The van der Waals surface area contributed by atoms with Crippen LogP contribution in [-0.2, 0) is 20.4 Å². The SMILES string of the molecule is CC(CCS(C)=O)N1CCC(=O)CC1=O. The van der Waals surface area contributed by atoms with Gasteiger partial charge < -0.3 is 4.90 Å². The molecule has 2 unspecified atom stereocenters. The van der Waals surface area contributed by atoms with Gasteiger partial charge in [-0.1, -0.05) is 0 Å². The summed E-state index contributed by atoms with van der Waals surface area (Å²) < 4.78 is 10.9. The van der Waals surface area contributed by atoms with Gasteiger partial charge in [-0.2, -0.15) is 0 Å². The van der Waals surface area contributed by atoms with E-state index in [1.54, 1.807) is 11.2 Å². The van der Waals surface area contributed by atoms with Gasteiger partial charge in [0.05, 0.1) is 6.42 Å². The molecule has 0 N–H and O–H groups in total. The number of nitrogens with zero attached hydrogens (tertiary/aromatic N) is 1. The Kier molecular flexibility index (Phi) is 4.45. The number of hydrogen-bond donors (Lipinski definition) is 0. The summed E-state index contributed by atoms with van der Waals surface area (Å²) in [4.78, 5) is 24.3. The molecule has 5 heteroatoms. The normalized spacial score (nSPS) is 21.6. The fourth-order valence-electron chi connectivity index (χ4n) is 1.69. The van der Waals surface area contributed by atoms with Gasteiger partial charge in [0.25, 0.3) is 0 Å². The maximum Gasteiger partial charge on any atom is 0.230 e. The van der Waals surface area contributed by atoms with Crippen molar-refractivity contribution < 1.29 is 13.8 Å². The second kappa shape index (κ2) is 5.39. The minimum atomic E-state index is -0.814. The number of likely N-dealkylation sites (tertiary alicyclic amines) is 1. The van der Waals surface area contributed by atoms with Crippen LogP contribution < -0.4 is 0 Å². The molecule has 0 aromatic heterocycles. The van der Waals surface area contributed by atoms with Crippen molar-refractivity contribution in [2.45, 2.75) is 32.2 Å². The van der Waals surface area contributed by atoms with Crippen molar-refractivity contribution in [3.63, 3.8) is 0 Å². The number of rotatable bonds is 4. The highest BCUT2D eigenvalue weighted by atomic mass is 32.2. The summed E-state index contributed by atoms with van der Waals surface area (Å²) in [5, 5.41) is 0. The van der Waals surface area contributed by atoms with Gasteiger partial charge >= 0.3 is 0 Å². The first-order chi connectivity index (χ1) is 7.00. The quantitative estimate of drug-likeness (QED) is 0.655. The molecule has 4 nitrogen and oxygen atoms in total. The van der Waals surface area contributed by atoms with Crippen molar-refractivity contribution in [1.29, 1.82) is 0 Å². The van der Waals surface area contributed by atoms with Crippen molar-refractivity contribution in [1.82, 2.24) is 4.90 Å². The Bertz CT molecular complexity index is 290. The minimum Gasteiger partial charge on any atom is -0.339 e. The van der Waals surface area contributed by atoms with E-state index in [1.165, 1.54) is 0 Å². The molecule has 0 spiro atoms. The van der Waals surface area contributed by atoms with Crippen molar-refractivity contribution >= 4 is 22.5 Å². The molecule has 86 valence electrons. The van der Waals surface area contributed by atoms with Crippen LogP contribution in [0.5, 0.6) is 0 Å². The zero-order chi connectivity index (χ0) is 11.4. The number of hydrogen-bond acceptors (Lipinski definition) is 3. The van der Waals surface area contributed by atoms with Crippen LogP contribution >= 0.6 is 0 Å². The maximum atomic E-state index is 11.5. The van der Waals surface area contributed by atoms with E-state index in [0.29, 0.717) is 18.7 Å². The molecule has 1 aliphatic rings. The van der Waals surface area contributed by atoms with Crippen LogP contribution in [0, 0.1) is 0 Å². The topological polar surface area (TPSA) is 54.5 Å². The van der Waals surface area contributed by atoms with Crippen molar-refractivity contribution in [2.75, 3.05) is 18.6 Å². The highest BCUT2D eigenvalue weighted by Gasteiger charge is 2.27. The third-order valence-corrected chi connectivity index (χ3v) is 3.47. The Morgan fingerprint density at radius 3 is 2.67 bits per heavy atom. The number of carbonyl (C=O) groups excluding carboxylic acids is 2. The summed E-state index contributed by atoms with van der Waals surface area (Å²) in [6, 6.07) is 0.0921. The van der Waals surface area contributed by atoms with Crippen LogP contribution in [0.25, 0.3) is 0 Å². The molecule has 1 saturated heterocycles. The first-order valence-corrected chi connectivity index (χ1v) is 6.84. The van der Waals surface area contributed by atoms with Gasteiger partial charge in [-0.15, -0.1) is 0 Å². The van der Waals surface area contributed by atoms with E-state index in [2.05, 4.69) is 0 Å². The van der Waals surface area contributed by atoms with Gasteiger partial charge in [0.15, 0.2) is 0 Å². The number of ketones is 1. The fraction of sp³-hybridized carbons (Fsp3) is 0.800. The molecule has 0 bridgehead atoms. The van der Waals surface area contributed by atoms with E-state index in [4.69, 9.17) is 0 Å². The Balaban J connectivity index is 2.45. The molecule has 0 aromatic carbocycles. The average molecular weight is 231 g/mol. The fourth-order valence-corrected chi connectivity index (χ4v) is 2.36. The summed E-state index contributed by atoms with van der Waals surface area (Å²) in [6.45, 7) is 2.47. The molecule has 1 heterocycles. The molecule has 1 amide bonds. The highest BCUT2D eigenvalue weighted by Crippen LogP contribution is 2.13. The second-order valence-electron chi connectivity index (χ2n) is 3.97. The Labute approximate surface area is 92.5 Å². The molecule has 15 heavy (non-hydrogen) atoms. The monoisotopic (exact) mass is 231 g/mol. The number of Topliss-reactive ketones (excluding diaryl/α,β-unsaturated/α-hetero) is 1. The first kappa shape index (κ1) is 12.4. The largest absolute Gasteiger partial charge is 0.339 e. The number of carbonyl (C=O) groups is 2. The molecule has 2 atom stereocenters. The van der Waals surface area contributed by atoms with Crippen molar-refractivity contribution in [3.8, 4) is 0 Å². The van der Waals surface area contributed by atoms with Crippen molar-refractivity contribution in [3.05, 3.63) is 0 Å². The van der Waals surface area contributed by atoms with Gasteiger partial charge in [-0.3, -0.25) is 13.8 Å². The maximum absolute atomic E-state index is 11.5. The van der Waals surface area contributed by atoms with E-state index in [-0.39, 0.29) is 24.2 Å². The van der Waals surface area contributed by atoms with E-state index >= 15 is 0 Å². The van der Waals surface area contributed by atoms with Gasteiger partial charge in [0.2, 0.25) is 5.91 Å². The smallest absolute Gasteiger partial charge is 0.230 e. The summed E-state index contributed by atoms with van der Waals surface area (Å²) >= 11 is 0. The third-order valence-electron chi connectivity index (χ3n) is 2.66. The summed E-state index contributed by atoms with van der Waals surface area (Å²) in [6.07, 6.45) is 2.90. The molecule has 0 radical (unpaired) electrons. The van der Waals surface area contributed by atoms with E-state index in [9.17, 15) is 13.8 Å². The third kappa shape index (κ3) is 3.74. The summed E-state index contributed by atoms with van der Waals surface area (Å²) in [5.41, 5.74) is 0. The average Bonchev–Trinajstić information content (AvgIpc) is 2.14. The highest BCUT2D eigenvalue weighted by molar-refractivity contribution is 7.84. The lowest BCUT2D eigenvalue weighted by molar-refractivity contribution is -0.141. The van der Waals surface area contributed by atoms with E-state index < -0.39 is 10.8 Å². The van der Waals surface area contributed by atoms with E-state index in [0.717, 1.165) is 6.42 Å². The molecule has 1 rings (SSSR count). The van der Waals surface area contributed by atoms with Crippen LogP contribution in [0.15, 0.2) is 0 Å². The Morgan fingerprint density at radius 2 is 2.13 bits per heavy atom. The molecular formula is C10H17NO3S. The lowest BCUT2D eigenvalue weighted by atomic mass is 10.1. The molecule has 0 aromatic rings. The lowest BCUT2D eigenvalue weighted by Crippen LogP contribution is -2.44. The first-order valence-electron chi connectivity index (χ1n) is 5.12. The predicted molar refractivity (Wildman–Crippen MR) is 59.0 cm³/mol. The van der Waals surface area contributed by atoms with Crippen molar-refractivity contribution in [2.24, 2.45) is 0 Å². The lowest BCUT2D eigenvalue weighted by Gasteiger charge is -2.31. The molecule has 0 saturated carbocycles. The Morgan fingerprint density at radius 1 is 1.47 bits per heavy atom. The Hall–Kier alpha value is -0.710. The van der Waals surface area contributed by atoms with Crippen LogP contribution in [0.1, 0.15) is 26.2 Å². The zero-order valence-electron chi connectivity index (χ0n) is 9.19. The summed E-state index contributed by atoms with van der Waals surface area (Å²) in [7, 11) is -0.814. The standard InChI is InChI=1S/C10H17NO3S/c1-8(4-6-15(2)14)11-5-3-9(12)7-10(11)13/h8H,3-7H2,1-2H3. The van der Waals surface area contributed by atoms with Crippen LogP contribution in [0.4, 0.5) is 0 Å². The molecule has 1 aliphatic heterocycles. The second-order valence-corrected chi connectivity index (χ2v) is 5.52. The molecule has 0 aliphatic carbocycles.